The molecule has 1 aliphatic carbocycles. The van der Waals surface area contributed by atoms with Crippen molar-refractivity contribution in [1.29, 1.82) is 0 Å². The van der Waals surface area contributed by atoms with E-state index in [0.29, 0.717) is 23.7 Å². The van der Waals surface area contributed by atoms with Gasteiger partial charge < -0.3 is 14.7 Å². The average Bonchev–Trinajstić information content (AvgIpc) is 3.38. The molecular formula is C35H34BrN3O4S. The molecule has 0 bridgehead atoms. The molecule has 1 aliphatic rings. The lowest BCUT2D eigenvalue weighted by Gasteiger charge is -2.22. The molecule has 6 rings (SSSR count). The third-order valence-electron chi connectivity index (χ3n) is 8.27. The summed E-state index contributed by atoms with van der Waals surface area (Å²) in [6.45, 7) is 0.281. The van der Waals surface area contributed by atoms with Crippen molar-refractivity contribution in [3.8, 4) is 5.75 Å². The highest BCUT2D eigenvalue weighted by atomic mass is 79.9. The Morgan fingerprint density at radius 1 is 1.02 bits per heavy atom. The Morgan fingerprint density at radius 3 is 2.57 bits per heavy atom. The molecule has 3 N–H and O–H groups in total. The van der Waals surface area contributed by atoms with Gasteiger partial charge in [-0.1, -0.05) is 76.6 Å². The Labute approximate surface area is 265 Å². The molecule has 5 aromatic rings. The van der Waals surface area contributed by atoms with Crippen LogP contribution in [0.4, 0.5) is 0 Å². The van der Waals surface area contributed by atoms with Gasteiger partial charge in [-0.3, -0.25) is 4.79 Å². The van der Waals surface area contributed by atoms with E-state index in [2.05, 4.69) is 25.6 Å². The molecule has 44 heavy (non-hydrogen) atoms. The van der Waals surface area contributed by atoms with Crippen molar-refractivity contribution in [1.82, 2.24) is 14.3 Å². The number of allylic oxidation sites excluding steroid dienone is 3. The lowest BCUT2D eigenvalue weighted by Crippen LogP contribution is -2.28. The standard InChI is InChI=1S/C35H34BrN3O4S/c1-39-30-19-8-6-16-28(30)34(40)32(35(39)41)31(24-13-9-14-25(36)21-24)33-27(26-15-5-7-18-29(26)38-33)17-10-20-37-44(42,43)22-23-11-3-2-4-12-23/h3,5-9,11-16,18-19,21,31,37-38,40H,2,4,10,17,20,22H2,1H3. The number of aromatic amines is 1. The molecule has 7 nitrogen and oxygen atoms in total. The maximum atomic E-state index is 14.0. The topological polar surface area (TPSA) is 104 Å². The maximum Gasteiger partial charge on any atom is 0.258 e. The van der Waals surface area contributed by atoms with Crippen LogP contribution >= 0.6 is 15.9 Å². The van der Waals surface area contributed by atoms with Crippen molar-refractivity contribution in [3.63, 3.8) is 0 Å². The zero-order chi connectivity index (χ0) is 30.8. The van der Waals surface area contributed by atoms with Crippen LogP contribution in [-0.4, -0.2) is 35.4 Å². The zero-order valence-corrected chi connectivity index (χ0v) is 26.8. The number of fused-ring (bicyclic) bond motifs is 2. The quantitative estimate of drug-likeness (QED) is 0.142. The van der Waals surface area contributed by atoms with Crippen LogP contribution in [0.5, 0.6) is 5.75 Å². The molecule has 226 valence electrons. The number of aromatic nitrogens is 2. The van der Waals surface area contributed by atoms with Crippen molar-refractivity contribution in [2.24, 2.45) is 7.05 Å². The number of hydrogen-bond donors (Lipinski definition) is 3. The Morgan fingerprint density at radius 2 is 1.80 bits per heavy atom. The van der Waals surface area contributed by atoms with E-state index < -0.39 is 15.9 Å². The van der Waals surface area contributed by atoms with Gasteiger partial charge in [-0.25, -0.2) is 13.1 Å². The smallest absolute Gasteiger partial charge is 0.258 e. The third kappa shape index (κ3) is 6.04. The predicted molar refractivity (Wildman–Crippen MR) is 181 cm³/mol. The van der Waals surface area contributed by atoms with E-state index >= 15 is 0 Å². The number of rotatable bonds is 10. The van der Waals surface area contributed by atoms with Gasteiger partial charge in [0.2, 0.25) is 10.0 Å². The monoisotopic (exact) mass is 671 g/mol. The molecular weight excluding hydrogens is 638 g/mol. The van der Waals surface area contributed by atoms with Gasteiger partial charge in [-0.05, 0) is 72.7 Å². The molecule has 1 unspecified atom stereocenters. The number of nitrogens with one attached hydrogen (secondary N) is 2. The van der Waals surface area contributed by atoms with Gasteiger partial charge in [-0.15, -0.1) is 0 Å². The Bertz CT molecular complexity index is 2090. The van der Waals surface area contributed by atoms with Crippen LogP contribution in [0.15, 0.2) is 106 Å². The van der Waals surface area contributed by atoms with Gasteiger partial charge in [-0.2, -0.15) is 0 Å². The number of H-pyrrole nitrogens is 1. The molecule has 0 amide bonds. The number of para-hydroxylation sites is 2. The Balaban J connectivity index is 1.42. The number of hydrogen-bond acceptors (Lipinski definition) is 4. The summed E-state index contributed by atoms with van der Waals surface area (Å²) in [6, 6.07) is 23.1. The first-order valence-corrected chi connectivity index (χ1v) is 17.2. The normalized spacial score (nSPS) is 14.3. The molecule has 1 atom stereocenters. The molecule has 0 saturated carbocycles. The second-order valence-electron chi connectivity index (χ2n) is 11.2. The molecule has 2 heterocycles. The highest BCUT2D eigenvalue weighted by molar-refractivity contribution is 9.10. The number of aryl methyl sites for hydroxylation is 2. The van der Waals surface area contributed by atoms with E-state index in [1.165, 1.54) is 0 Å². The van der Waals surface area contributed by atoms with E-state index in [-0.39, 0.29) is 29.2 Å². The second kappa shape index (κ2) is 12.6. The summed E-state index contributed by atoms with van der Waals surface area (Å²) in [5, 5.41) is 13.3. The van der Waals surface area contributed by atoms with Crippen LogP contribution < -0.4 is 10.3 Å². The minimum Gasteiger partial charge on any atom is -0.507 e. The fourth-order valence-electron chi connectivity index (χ4n) is 6.20. The summed E-state index contributed by atoms with van der Waals surface area (Å²) in [5.74, 6) is -0.686. The van der Waals surface area contributed by atoms with Gasteiger partial charge in [0.15, 0.2) is 0 Å². The van der Waals surface area contributed by atoms with Gasteiger partial charge in [0.25, 0.3) is 5.56 Å². The average molecular weight is 673 g/mol. The molecule has 0 aliphatic heterocycles. The van der Waals surface area contributed by atoms with Crippen molar-refractivity contribution in [3.05, 3.63) is 134 Å². The first kappa shape index (κ1) is 30.1. The molecule has 0 spiro atoms. The van der Waals surface area contributed by atoms with Gasteiger partial charge in [0, 0.05) is 40.0 Å². The van der Waals surface area contributed by atoms with Crippen molar-refractivity contribution < 1.29 is 13.5 Å². The van der Waals surface area contributed by atoms with E-state index in [1.807, 2.05) is 91.0 Å². The van der Waals surface area contributed by atoms with E-state index in [0.717, 1.165) is 50.6 Å². The van der Waals surface area contributed by atoms with Crippen molar-refractivity contribution in [2.75, 3.05) is 12.3 Å². The van der Waals surface area contributed by atoms with Crippen LogP contribution in [-0.2, 0) is 23.5 Å². The van der Waals surface area contributed by atoms with Crippen LogP contribution in [0.1, 0.15) is 47.6 Å². The van der Waals surface area contributed by atoms with E-state index in [1.54, 1.807) is 11.6 Å². The van der Waals surface area contributed by atoms with Crippen molar-refractivity contribution >= 4 is 47.8 Å². The van der Waals surface area contributed by atoms with Crippen LogP contribution in [0.25, 0.3) is 21.8 Å². The third-order valence-corrected chi connectivity index (χ3v) is 10.1. The molecule has 0 radical (unpaired) electrons. The fourth-order valence-corrected chi connectivity index (χ4v) is 7.83. The van der Waals surface area contributed by atoms with Crippen molar-refractivity contribution in [2.45, 2.75) is 31.6 Å². The molecule has 2 aromatic heterocycles. The number of sulfonamides is 1. The zero-order valence-electron chi connectivity index (χ0n) is 24.4. The summed E-state index contributed by atoms with van der Waals surface area (Å²) < 4.78 is 30.8. The maximum absolute atomic E-state index is 14.0. The number of nitrogens with zero attached hydrogens (tertiary/aromatic N) is 1. The summed E-state index contributed by atoms with van der Waals surface area (Å²) in [5.41, 5.74) is 4.99. The van der Waals surface area contributed by atoms with Crippen LogP contribution in [0, 0.1) is 0 Å². The lowest BCUT2D eigenvalue weighted by atomic mass is 9.85. The molecule has 0 saturated heterocycles. The minimum absolute atomic E-state index is 0.0304. The lowest BCUT2D eigenvalue weighted by molar-refractivity contribution is 0.470. The largest absolute Gasteiger partial charge is 0.507 e. The number of halogens is 1. The molecule has 3 aromatic carbocycles. The number of benzene rings is 3. The Kier molecular flexibility index (Phi) is 8.62. The first-order chi connectivity index (χ1) is 21.2. The number of aromatic hydroxyl groups is 1. The summed E-state index contributed by atoms with van der Waals surface area (Å²) in [4.78, 5) is 17.6. The van der Waals surface area contributed by atoms with E-state index in [9.17, 15) is 18.3 Å². The highest BCUT2D eigenvalue weighted by Gasteiger charge is 2.30. The van der Waals surface area contributed by atoms with Gasteiger partial charge in [0.05, 0.1) is 22.8 Å². The fraction of sp³-hybridized carbons (Fsp3) is 0.229. The summed E-state index contributed by atoms with van der Waals surface area (Å²) in [7, 11) is -1.75. The second-order valence-corrected chi connectivity index (χ2v) is 13.9. The SMILES string of the molecule is Cn1c(=O)c(C(c2cccc(Br)c2)c2[nH]c3ccccc3c2CCCNS(=O)(=O)CC2=CCCC=C2)c(O)c2ccccc21. The highest BCUT2D eigenvalue weighted by Crippen LogP contribution is 2.41. The van der Waals surface area contributed by atoms with Crippen LogP contribution in [0.2, 0.25) is 0 Å². The first-order valence-electron chi connectivity index (χ1n) is 14.7. The predicted octanol–water partition coefficient (Wildman–Crippen LogP) is 6.80. The number of pyridine rings is 1. The minimum atomic E-state index is -3.48. The molecule has 0 fully saturated rings. The van der Waals surface area contributed by atoms with Gasteiger partial charge in [0.1, 0.15) is 5.75 Å². The Hall–Kier alpha value is -3.92. The summed E-state index contributed by atoms with van der Waals surface area (Å²) in [6.07, 6.45) is 8.78. The summed E-state index contributed by atoms with van der Waals surface area (Å²) >= 11 is 3.60. The van der Waals surface area contributed by atoms with Gasteiger partial charge >= 0.3 is 0 Å². The van der Waals surface area contributed by atoms with E-state index in [4.69, 9.17) is 0 Å². The molecule has 9 heteroatoms. The van der Waals surface area contributed by atoms with Crippen LogP contribution in [0.3, 0.4) is 0 Å².